The number of aryl methyl sites for hydroxylation is 1. The summed E-state index contributed by atoms with van der Waals surface area (Å²) >= 11 is 0. The zero-order chi connectivity index (χ0) is 13.9. The predicted molar refractivity (Wildman–Crippen MR) is 79.8 cm³/mol. The molecule has 1 heterocycles. The highest BCUT2D eigenvalue weighted by molar-refractivity contribution is 5.40. The normalized spacial score (nSPS) is 25.1. The third kappa shape index (κ3) is 3.10. The molecule has 1 saturated heterocycles. The molecule has 0 amide bonds. The minimum Gasteiger partial charge on any atom is -0.496 e. The monoisotopic (exact) mass is 262 g/mol. The van der Waals surface area contributed by atoms with Crippen molar-refractivity contribution in [3.8, 4) is 5.75 Å². The first kappa shape index (κ1) is 14.4. The topological polar surface area (TPSA) is 24.5 Å². The Morgan fingerprint density at radius 3 is 2.89 bits per heavy atom. The molecular formula is C16H26N2O. The van der Waals surface area contributed by atoms with Crippen LogP contribution in [-0.2, 0) is 12.0 Å². The molecule has 0 spiro atoms. The molecule has 106 valence electrons. The van der Waals surface area contributed by atoms with Crippen LogP contribution in [0.1, 0.15) is 31.4 Å². The fourth-order valence-corrected chi connectivity index (χ4v) is 2.98. The Kier molecular flexibility index (Phi) is 4.48. The van der Waals surface area contributed by atoms with E-state index in [0.717, 1.165) is 25.3 Å². The highest BCUT2D eigenvalue weighted by Crippen LogP contribution is 2.28. The van der Waals surface area contributed by atoms with Crippen LogP contribution in [0.4, 0.5) is 0 Å². The van der Waals surface area contributed by atoms with E-state index in [1.807, 2.05) is 0 Å². The van der Waals surface area contributed by atoms with Crippen LogP contribution in [-0.4, -0.2) is 38.7 Å². The number of likely N-dealkylation sites (N-methyl/N-ethyl adjacent to an activating group) is 1. The molecule has 1 unspecified atom stereocenters. The maximum atomic E-state index is 5.43. The summed E-state index contributed by atoms with van der Waals surface area (Å²) in [7, 11) is 3.95. The van der Waals surface area contributed by atoms with Gasteiger partial charge in [-0.25, -0.2) is 0 Å². The van der Waals surface area contributed by atoms with Crippen molar-refractivity contribution in [2.75, 3.05) is 33.8 Å². The van der Waals surface area contributed by atoms with Crippen LogP contribution in [0, 0.1) is 0 Å². The van der Waals surface area contributed by atoms with E-state index in [1.54, 1.807) is 7.11 Å². The van der Waals surface area contributed by atoms with Crippen molar-refractivity contribution in [1.82, 2.24) is 10.2 Å². The summed E-state index contributed by atoms with van der Waals surface area (Å²) < 4.78 is 5.43. The predicted octanol–water partition coefficient (Wildman–Crippen LogP) is 2.40. The molecule has 1 aliphatic heterocycles. The molecule has 1 aromatic rings. The summed E-state index contributed by atoms with van der Waals surface area (Å²) in [6, 6.07) is 6.60. The number of nitrogens with one attached hydrogen (secondary N) is 1. The van der Waals surface area contributed by atoms with Crippen molar-refractivity contribution in [1.29, 1.82) is 0 Å². The van der Waals surface area contributed by atoms with Gasteiger partial charge in [0.05, 0.1) is 12.6 Å². The van der Waals surface area contributed by atoms with E-state index in [9.17, 15) is 0 Å². The molecule has 2 rings (SSSR count). The summed E-state index contributed by atoms with van der Waals surface area (Å²) in [4.78, 5) is 2.41. The largest absolute Gasteiger partial charge is 0.496 e. The highest BCUT2D eigenvalue weighted by Gasteiger charge is 2.29. The number of nitrogens with zero attached hydrogens (tertiary/aromatic N) is 1. The number of rotatable bonds is 3. The molecule has 0 saturated carbocycles. The summed E-state index contributed by atoms with van der Waals surface area (Å²) in [5.41, 5.74) is 2.68. The van der Waals surface area contributed by atoms with Crippen LogP contribution >= 0.6 is 0 Å². The van der Waals surface area contributed by atoms with Gasteiger partial charge in [0.25, 0.3) is 0 Å². The molecule has 19 heavy (non-hydrogen) atoms. The third-order valence-electron chi connectivity index (χ3n) is 4.12. The van der Waals surface area contributed by atoms with Gasteiger partial charge in [-0.15, -0.1) is 0 Å². The number of benzene rings is 1. The summed E-state index contributed by atoms with van der Waals surface area (Å²) in [6.45, 7) is 7.77. The van der Waals surface area contributed by atoms with Gasteiger partial charge in [-0.05, 0) is 57.1 Å². The molecule has 1 aliphatic rings. The molecule has 3 nitrogen and oxygen atoms in total. The van der Waals surface area contributed by atoms with E-state index in [1.165, 1.54) is 24.1 Å². The lowest BCUT2D eigenvalue weighted by Crippen LogP contribution is -2.45. The van der Waals surface area contributed by atoms with E-state index in [2.05, 4.69) is 49.3 Å². The standard InChI is InChI=1S/C16H26N2O/c1-5-13-11-14(7-8-15(13)19-4)16(2)12-18(3)10-6-9-17-16/h7-8,11,17H,5-6,9-10,12H2,1-4H3. The lowest BCUT2D eigenvalue weighted by Gasteiger charge is -2.33. The van der Waals surface area contributed by atoms with Crippen molar-refractivity contribution in [2.24, 2.45) is 0 Å². The minimum atomic E-state index is 0.0292. The molecule has 3 heteroatoms. The van der Waals surface area contributed by atoms with E-state index >= 15 is 0 Å². The number of hydrogen-bond donors (Lipinski definition) is 1. The Bertz CT molecular complexity index is 433. The zero-order valence-electron chi connectivity index (χ0n) is 12.6. The Hall–Kier alpha value is -1.06. The van der Waals surface area contributed by atoms with Gasteiger partial charge in [0, 0.05) is 6.54 Å². The first-order valence-corrected chi connectivity index (χ1v) is 7.20. The molecule has 1 N–H and O–H groups in total. The molecule has 0 radical (unpaired) electrons. The van der Waals surface area contributed by atoms with Crippen molar-refractivity contribution < 1.29 is 4.74 Å². The van der Waals surface area contributed by atoms with Crippen LogP contribution in [0.2, 0.25) is 0 Å². The van der Waals surface area contributed by atoms with Gasteiger partial charge in [0.15, 0.2) is 0 Å². The average Bonchev–Trinajstić information content (AvgIpc) is 2.59. The van der Waals surface area contributed by atoms with Gasteiger partial charge in [0.2, 0.25) is 0 Å². The van der Waals surface area contributed by atoms with Gasteiger partial charge >= 0.3 is 0 Å². The molecule has 0 bridgehead atoms. The maximum absolute atomic E-state index is 5.43. The Morgan fingerprint density at radius 2 is 2.21 bits per heavy atom. The van der Waals surface area contributed by atoms with Crippen LogP contribution in [0.25, 0.3) is 0 Å². The van der Waals surface area contributed by atoms with Crippen LogP contribution in [0.3, 0.4) is 0 Å². The fourth-order valence-electron chi connectivity index (χ4n) is 2.98. The Labute approximate surface area is 116 Å². The van der Waals surface area contributed by atoms with E-state index < -0.39 is 0 Å². The number of hydrogen-bond acceptors (Lipinski definition) is 3. The summed E-state index contributed by atoms with van der Waals surface area (Å²) in [6.07, 6.45) is 2.21. The van der Waals surface area contributed by atoms with Gasteiger partial charge in [-0.3, -0.25) is 0 Å². The van der Waals surface area contributed by atoms with Gasteiger partial charge in [0.1, 0.15) is 5.75 Å². The highest BCUT2D eigenvalue weighted by atomic mass is 16.5. The van der Waals surface area contributed by atoms with E-state index in [0.29, 0.717) is 0 Å². The Morgan fingerprint density at radius 1 is 1.42 bits per heavy atom. The van der Waals surface area contributed by atoms with Crippen molar-refractivity contribution >= 4 is 0 Å². The maximum Gasteiger partial charge on any atom is 0.122 e. The van der Waals surface area contributed by atoms with Crippen LogP contribution < -0.4 is 10.1 Å². The van der Waals surface area contributed by atoms with E-state index in [4.69, 9.17) is 4.74 Å². The lowest BCUT2D eigenvalue weighted by atomic mass is 9.89. The third-order valence-corrected chi connectivity index (χ3v) is 4.12. The van der Waals surface area contributed by atoms with E-state index in [-0.39, 0.29) is 5.54 Å². The molecule has 1 fully saturated rings. The molecule has 0 aliphatic carbocycles. The quantitative estimate of drug-likeness (QED) is 0.905. The molecule has 1 aromatic carbocycles. The molecule has 0 aromatic heterocycles. The molecule has 1 atom stereocenters. The fraction of sp³-hybridized carbons (Fsp3) is 0.625. The van der Waals surface area contributed by atoms with Crippen LogP contribution in [0.15, 0.2) is 18.2 Å². The summed E-state index contributed by atoms with van der Waals surface area (Å²) in [5.74, 6) is 0.997. The zero-order valence-corrected chi connectivity index (χ0v) is 12.6. The first-order valence-electron chi connectivity index (χ1n) is 7.20. The van der Waals surface area contributed by atoms with Crippen molar-refractivity contribution in [2.45, 2.75) is 32.2 Å². The van der Waals surface area contributed by atoms with Gasteiger partial charge < -0.3 is 15.0 Å². The molecular weight excluding hydrogens is 236 g/mol. The second kappa shape index (κ2) is 5.93. The summed E-state index contributed by atoms with van der Waals surface area (Å²) in [5, 5.41) is 3.71. The first-order chi connectivity index (χ1) is 9.09. The SMILES string of the molecule is CCc1cc(C2(C)CN(C)CCCN2)ccc1OC. The number of ether oxygens (including phenoxy) is 1. The Balaban J connectivity index is 2.33. The second-order valence-corrected chi connectivity index (χ2v) is 5.73. The van der Waals surface area contributed by atoms with Crippen molar-refractivity contribution in [3.63, 3.8) is 0 Å². The second-order valence-electron chi connectivity index (χ2n) is 5.73. The van der Waals surface area contributed by atoms with Crippen molar-refractivity contribution in [3.05, 3.63) is 29.3 Å². The smallest absolute Gasteiger partial charge is 0.122 e. The minimum absolute atomic E-state index is 0.0292. The average molecular weight is 262 g/mol. The van der Waals surface area contributed by atoms with Gasteiger partial charge in [-0.2, -0.15) is 0 Å². The van der Waals surface area contributed by atoms with Gasteiger partial charge in [-0.1, -0.05) is 19.1 Å². The lowest BCUT2D eigenvalue weighted by molar-refractivity contribution is 0.259. The van der Waals surface area contributed by atoms with Crippen LogP contribution in [0.5, 0.6) is 5.75 Å². The number of methoxy groups -OCH3 is 1.